The topological polar surface area (TPSA) is 91.0 Å². The van der Waals surface area contributed by atoms with Gasteiger partial charge in [0.25, 0.3) is 5.56 Å². The summed E-state index contributed by atoms with van der Waals surface area (Å²) in [6.07, 6.45) is 4.85. The number of carbonyl (C=O) groups excluding carboxylic acids is 1. The fraction of sp³-hybridized carbons (Fsp3) is 0.429. The van der Waals surface area contributed by atoms with E-state index in [9.17, 15) is 9.59 Å². The highest BCUT2D eigenvalue weighted by Crippen LogP contribution is 2.29. The molecule has 2 N–H and O–H groups in total. The SMILES string of the molecule is C[C@@H](CCc1ccccc1)NC(=O)C1CCN(c2nc3nc[nH]c(=O)c3s2)CC1. The largest absolute Gasteiger partial charge is 0.353 e. The maximum Gasteiger partial charge on any atom is 0.270 e. The molecule has 1 aliphatic heterocycles. The zero-order valence-electron chi connectivity index (χ0n) is 16.4. The van der Waals surface area contributed by atoms with Crippen LogP contribution in [0.2, 0.25) is 0 Å². The van der Waals surface area contributed by atoms with Crippen LogP contribution in [0.3, 0.4) is 0 Å². The van der Waals surface area contributed by atoms with E-state index >= 15 is 0 Å². The van der Waals surface area contributed by atoms with E-state index in [0.717, 1.165) is 43.9 Å². The lowest BCUT2D eigenvalue weighted by molar-refractivity contribution is -0.126. The van der Waals surface area contributed by atoms with Gasteiger partial charge in [-0.05, 0) is 38.2 Å². The molecule has 7 nitrogen and oxygen atoms in total. The number of carbonyl (C=O) groups is 1. The highest BCUT2D eigenvalue weighted by atomic mass is 32.1. The van der Waals surface area contributed by atoms with Gasteiger partial charge in [0, 0.05) is 25.0 Å². The summed E-state index contributed by atoms with van der Waals surface area (Å²) in [6, 6.07) is 10.5. The number of thiazole rings is 1. The normalized spacial score (nSPS) is 16.1. The van der Waals surface area contributed by atoms with Crippen molar-refractivity contribution in [3.05, 3.63) is 52.6 Å². The number of hydrogen-bond acceptors (Lipinski definition) is 6. The summed E-state index contributed by atoms with van der Waals surface area (Å²) in [7, 11) is 0. The first-order chi connectivity index (χ1) is 14.1. The lowest BCUT2D eigenvalue weighted by Gasteiger charge is -2.31. The number of fused-ring (bicyclic) bond motifs is 1. The van der Waals surface area contributed by atoms with Crippen molar-refractivity contribution in [3.63, 3.8) is 0 Å². The predicted molar refractivity (Wildman–Crippen MR) is 115 cm³/mol. The van der Waals surface area contributed by atoms with Crippen LogP contribution in [-0.2, 0) is 11.2 Å². The van der Waals surface area contributed by atoms with Gasteiger partial charge in [0.1, 0.15) is 4.70 Å². The molecule has 2 aromatic heterocycles. The Morgan fingerprint density at radius 3 is 2.79 bits per heavy atom. The zero-order chi connectivity index (χ0) is 20.2. The molecule has 1 saturated heterocycles. The molecule has 0 unspecified atom stereocenters. The Morgan fingerprint density at radius 2 is 2.07 bits per heavy atom. The molecule has 1 amide bonds. The van der Waals surface area contributed by atoms with Crippen molar-refractivity contribution in [1.29, 1.82) is 0 Å². The molecular weight excluding hydrogens is 386 g/mol. The van der Waals surface area contributed by atoms with Crippen molar-refractivity contribution in [2.75, 3.05) is 18.0 Å². The van der Waals surface area contributed by atoms with Crippen LogP contribution in [-0.4, -0.2) is 40.0 Å². The minimum atomic E-state index is -0.155. The highest BCUT2D eigenvalue weighted by Gasteiger charge is 2.27. The molecule has 0 aliphatic carbocycles. The number of aromatic amines is 1. The molecule has 4 rings (SSSR count). The number of aromatic nitrogens is 3. The van der Waals surface area contributed by atoms with Gasteiger partial charge >= 0.3 is 0 Å². The monoisotopic (exact) mass is 411 g/mol. The Bertz CT molecular complexity index is 1020. The molecule has 3 heterocycles. The fourth-order valence-corrected chi connectivity index (χ4v) is 4.65. The molecule has 0 saturated carbocycles. The minimum absolute atomic E-state index is 0.0290. The van der Waals surface area contributed by atoms with Crippen LogP contribution in [0.15, 0.2) is 41.5 Å². The van der Waals surface area contributed by atoms with Crippen LogP contribution in [0.5, 0.6) is 0 Å². The third-order valence-electron chi connectivity index (χ3n) is 5.42. The van der Waals surface area contributed by atoms with Crippen LogP contribution in [0.4, 0.5) is 5.13 Å². The van der Waals surface area contributed by atoms with E-state index in [2.05, 4.69) is 44.2 Å². The van der Waals surface area contributed by atoms with Crippen molar-refractivity contribution >= 4 is 32.7 Å². The maximum atomic E-state index is 12.7. The summed E-state index contributed by atoms with van der Waals surface area (Å²) in [4.78, 5) is 37.9. The van der Waals surface area contributed by atoms with Crippen LogP contribution in [0, 0.1) is 5.92 Å². The van der Waals surface area contributed by atoms with Gasteiger partial charge in [0.15, 0.2) is 10.8 Å². The summed E-state index contributed by atoms with van der Waals surface area (Å²) in [5, 5.41) is 3.98. The highest BCUT2D eigenvalue weighted by molar-refractivity contribution is 7.22. The first-order valence-electron chi connectivity index (χ1n) is 10.0. The third kappa shape index (κ3) is 4.64. The van der Waals surface area contributed by atoms with E-state index in [1.165, 1.54) is 23.2 Å². The fourth-order valence-electron chi connectivity index (χ4n) is 3.68. The first-order valence-corrected chi connectivity index (χ1v) is 10.9. The van der Waals surface area contributed by atoms with Crippen molar-refractivity contribution in [2.45, 2.75) is 38.6 Å². The molecule has 1 atom stereocenters. The molecule has 152 valence electrons. The molecule has 0 radical (unpaired) electrons. The summed E-state index contributed by atoms with van der Waals surface area (Å²) in [5.74, 6) is 0.175. The molecule has 1 fully saturated rings. The van der Waals surface area contributed by atoms with Gasteiger partial charge in [-0.15, -0.1) is 0 Å². The van der Waals surface area contributed by atoms with E-state index in [0.29, 0.717) is 10.3 Å². The summed E-state index contributed by atoms with van der Waals surface area (Å²) in [5.41, 5.74) is 1.63. The number of benzene rings is 1. The molecule has 0 spiro atoms. The molecule has 0 bridgehead atoms. The maximum absolute atomic E-state index is 12.7. The van der Waals surface area contributed by atoms with Gasteiger partial charge in [-0.25, -0.2) is 4.98 Å². The summed E-state index contributed by atoms with van der Waals surface area (Å²) >= 11 is 1.36. The Kier molecular flexibility index (Phi) is 5.89. The number of H-pyrrole nitrogens is 1. The molecule has 1 aliphatic rings. The first kappa shape index (κ1) is 19.6. The molecule has 1 aromatic carbocycles. The molecular formula is C21H25N5O2S. The average Bonchev–Trinajstić information content (AvgIpc) is 3.19. The molecule has 29 heavy (non-hydrogen) atoms. The van der Waals surface area contributed by atoms with Gasteiger partial charge in [0.2, 0.25) is 5.91 Å². The third-order valence-corrected chi connectivity index (χ3v) is 6.52. The Morgan fingerprint density at radius 1 is 1.31 bits per heavy atom. The number of rotatable bonds is 6. The molecule has 3 aromatic rings. The van der Waals surface area contributed by atoms with Gasteiger partial charge < -0.3 is 15.2 Å². The van der Waals surface area contributed by atoms with Crippen molar-refractivity contribution in [2.24, 2.45) is 5.92 Å². The zero-order valence-corrected chi connectivity index (χ0v) is 17.2. The number of anilines is 1. The van der Waals surface area contributed by atoms with Crippen LogP contribution in [0.25, 0.3) is 10.3 Å². The van der Waals surface area contributed by atoms with E-state index in [-0.39, 0.29) is 23.4 Å². The van der Waals surface area contributed by atoms with E-state index < -0.39 is 0 Å². The second-order valence-corrected chi connectivity index (χ2v) is 8.55. The lowest BCUT2D eigenvalue weighted by Crippen LogP contribution is -2.43. The second-order valence-electron chi connectivity index (χ2n) is 7.58. The van der Waals surface area contributed by atoms with Crippen molar-refractivity contribution in [1.82, 2.24) is 20.3 Å². The van der Waals surface area contributed by atoms with Gasteiger partial charge in [0.05, 0.1) is 6.33 Å². The van der Waals surface area contributed by atoms with Gasteiger partial charge in [-0.1, -0.05) is 41.7 Å². The Hall–Kier alpha value is -2.74. The van der Waals surface area contributed by atoms with Gasteiger partial charge in [-0.3, -0.25) is 9.59 Å². The minimum Gasteiger partial charge on any atom is -0.353 e. The van der Waals surface area contributed by atoms with E-state index in [1.54, 1.807) is 0 Å². The van der Waals surface area contributed by atoms with Crippen LogP contribution < -0.4 is 15.8 Å². The van der Waals surface area contributed by atoms with Crippen molar-refractivity contribution in [3.8, 4) is 0 Å². The van der Waals surface area contributed by atoms with E-state index in [4.69, 9.17) is 0 Å². The quantitative estimate of drug-likeness (QED) is 0.651. The average molecular weight is 412 g/mol. The van der Waals surface area contributed by atoms with Crippen LogP contribution >= 0.6 is 11.3 Å². The lowest BCUT2D eigenvalue weighted by atomic mass is 9.95. The number of amides is 1. The Balaban J connectivity index is 1.27. The second kappa shape index (κ2) is 8.73. The smallest absolute Gasteiger partial charge is 0.270 e. The summed E-state index contributed by atoms with van der Waals surface area (Å²) < 4.78 is 0.551. The van der Waals surface area contributed by atoms with Crippen LogP contribution in [0.1, 0.15) is 31.7 Å². The predicted octanol–water partition coefficient (Wildman–Crippen LogP) is 2.73. The number of hydrogen-bond donors (Lipinski definition) is 2. The van der Waals surface area contributed by atoms with E-state index in [1.807, 2.05) is 18.2 Å². The number of nitrogens with one attached hydrogen (secondary N) is 2. The Labute approximate surface area is 173 Å². The molecule has 8 heteroatoms. The van der Waals surface area contributed by atoms with Crippen molar-refractivity contribution < 1.29 is 4.79 Å². The summed E-state index contributed by atoms with van der Waals surface area (Å²) in [6.45, 7) is 3.59. The van der Waals surface area contributed by atoms with Gasteiger partial charge in [-0.2, -0.15) is 4.98 Å². The number of piperidine rings is 1. The standard InChI is InChI=1S/C21H25N5O2S/c1-14(7-8-15-5-3-2-4-6-15)24-19(27)16-9-11-26(12-10-16)21-25-18-17(29-21)20(28)23-13-22-18/h2-6,13-14,16H,7-12H2,1H3,(H,24,27)(H,22,23,28)/t14-/m0/s1. The number of aryl methyl sites for hydroxylation is 1. The number of nitrogens with zero attached hydrogens (tertiary/aromatic N) is 3.